The van der Waals surface area contributed by atoms with Gasteiger partial charge in [0.1, 0.15) is 5.75 Å². The molecule has 0 saturated heterocycles. The van der Waals surface area contributed by atoms with Crippen molar-refractivity contribution in [1.29, 1.82) is 0 Å². The Morgan fingerprint density at radius 1 is 0.871 bits per heavy atom. The predicted molar refractivity (Wildman–Crippen MR) is 134 cm³/mol. The summed E-state index contributed by atoms with van der Waals surface area (Å²) >= 11 is 0. The molecular formula is C28H45NO2. The van der Waals surface area contributed by atoms with Crippen LogP contribution in [0.2, 0.25) is 0 Å². The minimum atomic E-state index is -0.260. The second-order valence-electron chi connectivity index (χ2n) is 9.40. The van der Waals surface area contributed by atoms with Crippen LogP contribution in [-0.2, 0) is 4.74 Å². The fourth-order valence-electron chi connectivity index (χ4n) is 4.63. The summed E-state index contributed by atoms with van der Waals surface area (Å²) in [5, 5.41) is 2.38. The second kappa shape index (κ2) is 13.8. The molecule has 2 N–H and O–H groups in total. The number of benzene rings is 2. The third-order valence-corrected chi connectivity index (χ3v) is 6.23. The van der Waals surface area contributed by atoms with Crippen molar-refractivity contribution in [3.05, 3.63) is 42.0 Å². The maximum atomic E-state index is 6.25. The van der Waals surface area contributed by atoms with E-state index in [1.807, 2.05) is 13.0 Å². The number of hydrogen-bond donors (Lipinski definition) is 1. The molecule has 174 valence electrons. The highest BCUT2D eigenvalue weighted by molar-refractivity contribution is 5.91. The lowest BCUT2D eigenvalue weighted by Gasteiger charge is -2.22. The third-order valence-electron chi connectivity index (χ3n) is 6.23. The van der Waals surface area contributed by atoms with Gasteiger partial charge in [-0.05, 0) is 61.1 Å². The van der Waals surface area contributed by atoms with Crippen molar-refractivity contribution in [3.8, 4) is 5.75 Å². The molecule has 2 aromatic rings. The predicted octanol–water partition coefficient (Wildman–Crippen LogP) is 7.67. The van der Waals surface area contributed by atoms with Crippen LogP contribution < -0.4 is 10.5 Å². The molecule has 0 aromatic heterocycles. The Morgan fingerprint density at radius 3 is 2.29 bits per heavy atom. The number of rotatable bonds is 15. The highest BCUT2D eigenvalue weighted by Gasteiger charge is 2.17. The van der Waals surface area contributed by atoms with Crippen molar-refractivity contribution in [1.82, 2.24) is 0 Å². The van der Waals surface area contributed by atoms with E-state index in [0.717, 1.165) is 36.5 Å². The lowest BCUT2D eigenvalue weighted by molar-refractivity contribution is -0.0699. The molecule has 0 bridgehead atoms. The maximum absolute atomic E-state index is 6.25. The molecule has 0 amide bonds. The number of nitrogens with two attached hydrogens (primary N) is 1. The van der Waals surface area contributed by atoms with Crippen LogP contribution in [0.1, 0.15) is 91.0 Å². The Hall–Kier alpha value is -1.58. The van der Waals surface area contributed by atoms with Crippen molar-refractivity contribution in [2.75, 3.05) is 13.2 Å². The Labute approximate surface area is 190 Å². The molecule has 0 fully saturated rings. The largest absolute Gasteiger partial charge is 0.465 e. The number of hydrogen-bond acceptors (Lipinski definition) is 3. The average Bonchev–Trinajstić information content (AvgIpc) is 2.75. The lowest BCUT2D eigenvalue weighted by Crippen LogP contribution is -2.19. The molecule has 3 unspecified atom stereocenters. The van der Waals surface area contributed by atoms with Crippen molar-refractivity contribution in [2.45, 2.75) is 91.8 Å². The van der Waals surface area contributed by atoms with E-state index in [1.165, 1.54) is 43.1 Å². The minimum Gasteiger partial charge on any atom is -0.465 e. The van der Waals surface area contributed by atoms with E-state index < -0.39 is 0 Å². The highest BCUT2D eigenvalue weighted by atomic mass is 16.7. The van der Waals surface area contributed by atoms with Gasteiger partial charge in [0.05, 0.1) is 6.61 Å². The summed E-state index contributed by atoms with van der Waals surface area (Å²) < 4.78 is 12.3. The minimum absolute atomic E-state index is 0.260. The van der Waals surface area contributed by atoms with Crippen molar-refractivity contribution >= 4 is 10.8 Å². The molecule has 0 saturated carbocycles. The highest BCUT2D eigenvalue weighted by Crippen LogP contribution is 2.34. The number of unbranched alkanes of at least 4 members (excludes halogenated alkanes) is 1. The molecule has 3 heteroatoms. The summed E-state index contributed by atoms with van der Waals surface area (Å²) in [5.41, 5.74) is 7.47. The van der Waals surface area contributed by atoms with E-state index in [-0.39, 0.29) is 6.29 Å². The van der Waals surface area contributed by atoms with Crippen molar-refractivity contribution in [3.63, 3.8) is 0 Å². The molecular weight excluding hydrogens is 382 g/mol. The van der Waals surface area contributed by atoms with Crippen LogP contribution in [0, 0.1) is 11.8 Å². The van der Waals surface area contributed by atoms with Gasteiger partial charge in [-0.25, -0.2) is 0 Å². The molecule has 0 heterocycles. The fraction of sp³-hybridized carbons (Fsp3) is 0.643. The average molecular weight is 428 g/mol. The molecule has 0 aliphatic carbocycles. The molecule has 3 nitrogen and oxygen atoms in total. The summed E-state index contributed by atoms with van der Waals surface area (Å²) in [5.74, 6) is 2.64. The molecule has 2 aromatic carbocycles. The van der Waals surface area contributed by atoms with E-state index in [9.17, 15) is 0 Å². The maximum Gasteiger partial charge on any atom is 0.197 e. The van der Waals surface area contributed by atoms with Gasteiger partial charge in [-0.15, -0.1) is 0 Å². The normalized spacial score (nSPS) is 14.7. The van der Waals surface area contributed by atoms with Crippen LogP contribution in [0.3, 0.4) is 0 Å². The summed E-state index contributed by atoms with van der Waals surface area (Å²) in [4.78, 5) is 0. The third kappa shape index (κ3) is 8.12. The van der Waals surface area contributed by atoms with Gasteiger partial charge in [0.15, 0.2) is 6.29 Å². The van der Waals surface area contributed by atoms with E-state index >= 15 is 0 Å². The first kappa shape index (κ1) is 25.7. The van der Waals surface area contributed by atoms with Gasteiger partial charge < -0.3 is 15.2 Å². The number of fused-ring (bicyclic) bond motifs is 1. The SMILES string of the molecule is CCCCC(CCC)CCOC(C)Oc1cccc2c(C(CN)CC(C)C)cccc12. The van der Waals surface area contributed by atoms with Crippen LogP contribution in [0.25, 0.3) is 10.8 Å². The standard InChI is InChI=1S/C28H45NO2/c1-6-8-12-23(11-7-2)17-18-30-22(5)31-28-16-10-14-26-25(13-9-15-27(26)28)24(20-29)19-21(3)4/h9-10,13-16,21-24H,6-8,11-12,17-20,29H2,1-5H3. The van der Waals surface area contributed by atoms with Crippen LogP contribution in [0.4, 0.5) is 0 Å². The van der Waals surface area contributed by atoms with Crippen LogP contribution in [-0.4, -0.2) is 19.4 Å². The molecule has 0 aliphatic rings. The Bertz CT molecular complexity index is 758. The first-order chi connectivity index (χ1) is 15.0. The molecule has 3 atom stereocenters. The van der Waals surface area contributed by atoms with Gasteiger partial charge in [-0.1, -0.05) is 90.1 Å². The van der Waals surface area contributed by atoms with E-state index in [4.69, 9.17) is 15.2 Å². The topological polar surface area (TPSA) is 44.5 Å². The van der Waals surface area contributed by atoms with Gasteiger partial charge in [-0.2, -0.15) is 0 Å². The summed E-state index contributed by atoms with van der Waals surface area (Å²) in [7, 11) is 0. The molecule has 31 heavy (non-hydrogen) atoms. The quantitative estimate of drug-likeness (QED) is 0.297. The summed E-state index contributed by atoms with van der Waals surface area (Å²) in [6.07, 6.45) is 8.40. The Kier molecular flexibility index (Phi) is 11.4. The smallest absolute Gasteiger partial charge is 0.197 e. The fourth-order valence-corrected chi connectivity index (χ4v) is 4.63. The van der Waals surface area contributed by atoms with Crippen LogP contribution in [0.5, 0.6) is 5.75 Å². The second-order valence-corrected chi connectivity index (χ2v) is 9.40. The van der Waals surface area contributed by atoms with E-state index in [2.05, 4.69) is 58.0 Å². The number of ether oxygens (including phenoxy) is 2. The Balaban J connectivity index is 2.05. The summed E-state index contributed by atoms with van der Waals surface area (Å²) in [6.45, 7) is 12.5. The lowest BCUT2D eigenvalue weighted by atomic mass is 9.87. The monoisotopic (exact) mass is 427 g/mol. The van der Waals surface area contributed by atoms with Crippen molar-refractivity contribution < 1.29 is 9.47 Å². The van der Waals surface area contributed by atoms with E-state index in [1.54, 1.807) is 0 Å². The van der Waals surface area contributed by atoms with Gasteiger partial charge in [0.2, 0.25) is 0 Å². The molecule has 0 radical (unpaired) electrons. The van der Waals surface area contributed by atoms with Gasteiger partial charge in [-0.3, -0.25) is 0 Å². The zero-order chi connectivity index (χ0) is 22.6. The van der Waals surface area contributed by atoms with Crippen molar-refractivity contribution in [2.24, 2.45) is 17.6 Å². The first-order valence-corrected chi connectivity index (χ1v) is 12.5. The molecule has 0 spiro atoms. The van der Waals surface area contributed by atoms with Crippen LogP contribution >= 0.6 is 0 Å². The zero-order valence-corrected chi connectivity index (χ0v) is 20.5. The molecule has 2 rings (SSSR count). The van der Waals surface area contributed by atoms with E-state index in [0.29, 0.717) is 18.4 Å². The molecule has 0 aliphatic heterocycles. The van der Waals surface area contributed by atoms with Gasteiger partial charge >= 0.3 is 0 Å². The first-order valence-electron chi connectivity index (χ1n) is 12.5. The summed E-state index contributed by atoms with van der Waals surface area (Å²) in [6, 6.07) is 12.8. The van der Waals surface area contributed by atoms with Gasteiger partial charge in [0, 0.05) is 5.39 Å². The van der Waals surface area contributed by atoms with Crippen LogP contribution in [0.15, 0.2) is 36.4 Å². The Morgan fingerprint density at radius 2 is 1.61 bits per heavy atom. The van der Waals surface area contributed by atoms with Gasteiger partial charge in [0.25, 0.3) is 0 Å². The zero-order valence-electron chi connectivity index (χ0n) is 20.5.